The molecule has 0 aliphatic heterocycles. The Morgan fingerprint density at radius 3 is 2.11 bits per heavy atom. The molecule has 0 aliphatic carbocycles. The van der Waals surface area contributed by atoms with Crippen LogP contribution in [0.4, 0.5) is 0 Å². The number of phenols is 1. The van der Waals surface area contributed by atoms with Crippen LogP contribution >= 0.6 is 0 Å². The van der Waals surface area contributed by atoms with Crippen molar-refractivity contribution in [1.29, 1.82) is 0 Å². The van der Waals surface area contributed by atoms with Gasteiger partial charge in [-0.05, 0) is 68.3 Å². The van der Waals surface area contributed by atoms with Crippen LogP contribution in [0.5, 0.6) is 11.5 Å². The van der Waals surface area contributed by atoms with Gasteiger partial charge in [0.1, 0.15) is 11.5 Å². The molecule has 1 unspecified atom stereocenters. The van der Waals surface area contributed by atoms with E-state index in [-0.39, 0.29) is 17.8 Å². The van der Waals surface area contributed by atoms with Gasteiger partial charge in [0.15, 0.2) is 0 Å². The van der Waals surface area contributed by atoms with E-state index in [1.807, 2.05) is 6.92 Å². The molecular formula is C22H26O5. The van der Waals surface area contributed by atoms with Crippen LogP contribution in [0.2, 0.25) is 0 Å². The van der Waals surface area contributed by atoms with Gasteiger partial charge in [0.2, 0.25) is 0 Å². The maximum atomic E-state index is 12.2. The van der Waals surface area contributed by atoms with Gasteiger partial charge in [0.05, 0.1) is 17.2 Å². The number of carbonyl (C=O) groups excluding carboxylic acids is 2. The molecule has 0 radical (unpaired) electrons. The summed E-state index contributed by atoms with van der Waals surface area (Å²) in [7, 11) is 0. The third-order valence-electron chi connectivity index (χ3n) is 4.18. The van der Waals surface area contributed by atoms with Gasteiger partial charge < -0.3 is 14.6 Å². The van der Waals surface area contributed by atoms with Crippen molar-refractivity contribution in [3.63, 3.8) is 0 Å². The number of aromatic hydroxyl groups is 1. The summed E-state index contributed by atoms with van der Waals surface area (Å²) in [5.41, 5.74) is 0.744. The number of esters is 2. The Morgan fingerprint density at radius 2 is 1.48 bits per heavy atom. The van der Waals surface area contributed by atoms with E-state index in [1.54, 1.807) is 24.3 Å². The van der Waals surface area contributed by atoms with Crippen LogP contribution in [0, 0.1) is 0 Å². The van der Waals surface area contributed by atoms with Crippen LogP contribution in [0.25, 0.3) is 0 Å². The summed E-state index contributed by atoms with van der Waals surface area (Å²) in [5.74, 6) is -0.508. The average Bonchev–Trinajstić information content (AvgIpc) is 2.66. The maximum absolute atomic E-state index is 12.2. The van der Waals surface area contributed by atoms with E-state index >= 15 is 0 Å². The van der Waals surface area contributed by atoms with Crippen molar-refractivity contribution in [2.45, 2.75) is 52.1 Å². The second-order valence-electron chi connectivity index (χ2n) is 6.53. The molecule has 27 heavy (non-hydrogen) atoms. The highest BCUT2D eigenvalue weighted by Gasteiger charge is 2.13. The van der Waals surface area contributed by atoms with Crippen LogP contribution in [0.15, 0.2) is 48.5 Å². The van der Waals surface area contributed by atoms with Crippen LogP contribution in [-0.4, -0.2) is 23.1 Å². The Hall–Kier alpha value is -2.82. The summed E-state index contributed by atoms with van der Waals surface area (Å²) in [5, 5.41) is 9.25. The Labute approximate surface area is 159 Å². The minimum atomic E-state index is -0.536. The smallest absolute Gasteiger partial charge is 0.343 e. The fourth-order valence-electron chi connectivity index (χ4n) is 2.59. The van der Waals surface area contributed by atoms with Crippen molar-refractivity contribution in [3.8, 4) is 11.5 Å². The Kier molecular flexibility index (Phi) is 7.86. The van der Waals surface area contributed by atoms with E-state index in [9.17, 15) is 14.7 Å². The zero-order valence-corrected chi connectivity index (χ0v) is 15.8. The van der Waals surface area contributed by atoms with Gasteiger partial charge in [-0.15, -0.1) is 0 Å². The van der Waals surface area contributed by atoms with Crippen molar-refractivity contribution >= 4 is 11.9 Å². The third kappa shape index (κ3) is 6.77. The van der Waals surface area contributed by atoms with Gasteiger partial charge in [-0.2, -0.15) is 0 Å². The first-order valence-electron chi connectivity index (χ1n) is 9.32. The Morgan fingerprint density at radius 1 is 0.889 bits per heavy atom. The molecule has 0 saturated heterocycles. The van der Waals surface area contributed by atoms with Gasteiger partial charge in [0.25, 0.3) is 0 Å². The molecule has 1 N–H and O–H groups in total. The Bertz CT molecular complexity index is 734. The minimum absolute atomic E-state index is 0.0778. The SMILES string of the molecule is CCCCCCC(C)OC(=O)c1ccc(OC(=O)c2ccc(O)cc2)cc1. The average molecular weight is 370 g/mol. The first-order chi connectivity index (χ1) is 13.0. The quantitative estimate of drug-likeness (QED) is 0.376. The van der Waals surface area contributed by atoms with Crippen molar-refractivity contribution in [2.75, 3.05) is 0 Å². The van der Waals surface area contributed by atoms with Gasteiger partial charge in [-0.3, -0.25) is 0 Å². The molecule has 2 rings (SSSR count). The topological polar surface area (TPSA) is 72.8 Å². The van der Waals surface area contributed by atoms with Gasteiger partial charge in [0, 0.05) is 0 Å². The molecule has 1 atom stereocenters. The third-order valence-corrected chi connectivity index (χ3v) is 4.18. The predicted octanol–water partition coefficient (Wildman–Crippen LogP) is 5.13. The number of hydrogen-bond donors (Lipinski definition) is 1. The zero-order valence-electron chi connectivity index (χ0n) is 15.8. The lowest BCUT2D eigenvalue weighted by Crippen LogP contribution is -2.15. The lowest BCUT2D eigenvalue weighted by molar-refractivity contribution is 0.0319. The fraction of sp³-hybridized carbons (Fsp3) is 0.364. The number of unbranched alkanes of at least 4 members (excludes halogenated alkanes) is 3. The first kappa shape index (κ1) is 20.5. The maximum Gasteiger partial charge on any atom is 0.343 e. The van der Waals surface area contributed by atoms with E-state index in [0.29, 0.717) is 16.9 Å². The van der Waals surface area contributed by atoms with Gasteiger partial charge in [-0.1, -0.05) is 26.2 Å². The van der Waals surface area contributed by atoms with E-state index < -0.39 is 5.97 Å². The van der Waals surface area contributed by atoms with Crippen LogP contribution in [-0.2, 0) is 4.74 Å². The first-order valence-corrected chi connectivity index (χ1v) is 9.32. The van der Waals surface area contributed by atoms with Crippen molar-refractivity contribution in [1.82, 2.24) is 0 Å². The molecule has 5 nitrogen and oxygen atoms in total. The van der Waals surface area contributed by atoms with E-state index in [1.165, 1.54) is 37.1 Å². The number of benzene rings is 2. The molecule has 0 amide bonds. The molecule has 0 bridgehead atoms. The second-order valence-corrected chi connectivity index (χ2v) is 6.53. The molecule has 0 aliphatic rings. The summed E-state index contributed by atoms with van der Waals surface area (Å²) in [4.78, 5) is 24.2. The summed E-state index contributed by atoms with van der Waals surface area (Å²) in [6, 6.07) is 12.0. The molecule has 2 aromatic carbocycles. The molecule has 0 heterocycles. The predicted molar refractivity (Wildman–Crippen MR) is 103 cm³/mol. The number of ether oxygens (including phenoxy) is 2. The molecule has 2 aromatic rings. The molecule has 0 saturated carbocycles. The van der Waals surface area contributed by atoms with E-state index in [2.05, 4.69) is 6.92 Å². The summed E-state index contributed by atoms with van der Waals surface area (Å²) >= 11 is 0. The zero-order chi connectivity index (χ0) is 19.6. The molecule has 0 aromatic heterocycles. The number of hydrogen-bond acceptors (Lipinski definition) is 5. The monoisotopic (exact) mass is 370 g/mol. The van der Waals surface area contributed by atoms with Gasteiger partial charge in [-0.25, -0.2) is 9.59 Å². The summed E-state index contributed by atoms with van der Waals surface area (Å²) in [6.45, 7) is 4.06. The van der Waals surface area contributed by atoms with E-state index in [4.69, 9.17) is 9.47 Å². The molecule has 0 spiro atoms. The molecule has 0 fully saturated rings. The van der Waals surface area contributed by atoms with Crippen LogP contribution in [0.1, 0.15) is 66.7 Å². The minimum Gasteiger partial charge on any atom is -0.508 e. The van der Waals surface area contributed by atoms with Gasteiger partial charge >= 0.3 is 11.9 Å². The molecule has 144 valence electrons. The normalized spacial score (nSPS) is 11.6. The van der Waals surface area contributed by atoms with Crippen LogP contribution < -0.4 is 4.74 Å². The lowest BCUT2D eigenvalue weighted by atomic mass is 10.1. The highest BCUT2D eigenvalue weighted by molar-refractivity contribution is 5.92. The van der Waals surface area contributed by atoms with E-state index in [0.717, 1.165) is 19.3 Å². The van der Waals surface area contributed by atoms with Crippen molar-refractivity contribution < 1.29 is 24.2 Å². The van der Waals surface area contributed by atoms with Crippen molar-refractivity contribution in [2.24, 2.45) is 0 Å². The second kappa shape index (κ2) is 10.4. The number of phenolic OH excluding ortho intramolecular Hbond substituents is 1. The lowest BCUT2D eigenvalue weighted by Gasteiger charge is -2.13. The number of rotatable bonds is 9. The summed E-state index contributed by atoms with van der Waals surface area (Å²) < 4.78 is 10.7. The highest BCUT2D eigenvalue weighted by Crippen LogP contribution is 2.17. The molecule has 5 heteroatoms. The van der Waals surface area contributed by atoms with Crippen LogP contribution in [0.3, 0.4) is 0 Å². The fourth-order valence-corrected chi connectivity index (χ4v) is 2.59. The largest absolute Gasteiger partial charge is 0.508 e. The molecular weight excluding hydrogens is 344 g/mol. The standard InChI is InChI=1S/C22H26O5/c1-3-4-5-6-7-16(2)26-21(24)18-10-14-20(15-11-18)27-22(25)17-8-12-19(23)13-9-17/h8-16,23H,3-7H2,1-2H3. The van der Waals surface area contributed by atoms with Crippen molar-refractivity contribution in [3.05, 3.63) is 59.7 Å². The number of carbonyl (C=O) groups is 2. The Balaban J connectivity index is 1.85. The highest BCUT2D eigenvalue weighted by atomic mass is 16.5. The summed E-state index contributed by atoms with van der Waals surface area (Å²) in [6.07, 6.45) is 5.31.